The summed E-state index contributed by atoms with van der Waals surface area (Å²) in [5.74, 6) is 0.454. The molecule has 25 heavy (non-hydrogen) atoms. The first-order valence-corrected chi connectivity index (χ1v) is 9.55. The number of carbonyl (C=O) groups is 1. The number of benzene rings is 1. The fourth-order valence-corrected chi connectivity index (χ4v) is 3.43. The highest BCUT2D eigenvalue weighted by molar-refractivity contribution is 7.17. The second-order valence-electron chi connectivity index (χ2n) is 5.60. The number of carboxylic acid groups (broad SMARTS) is 1. The lowest BCUT2D eigenvalue weighted by Crippen LogP contribution is -2.01. The first-order chi connectivity index (χ1) is 12.1. The van der Waals surface area contributed by atoms with Gasteiger partial charge in [-0.2, -0.15) is 0 Å². The van der Waals surface area contributed by atoms with E-state index in [-0.39, 0.29) is 0 Å². The maximum atomic E-state index is 11.3. The molecule has 0 spiro atoms. The predicted octanol–water partition coefficient (Wildman–Crippen LogP) is 5.04. The zero-order chi connectivity index (χ0) is 18.2. The molecule has 5 nitrogen and oxygen atoms in total. The van der Waals surface area contributed by atoms with Crippen LogP contribution in [0, 0.1) is 0 Å². The van der Waals surface area contributed by atoms with Gasteiger partial charge < -0.3 is 14.6 Å². The molecule has 0 aliphatic heterocycles. The summed E-state index contributed by atoms with van der Waals surface area (Å²) in [5, 5.41) is 9.99. The van der Waals surface area contributed by atoms with E-state index < -0.39 is 5.97 Å². The molecule has 0 aliphatic carbocycles. The highest BCUT2D eigenvalue weighted by Gasteiger charge is 2.18. The first kappa shape index (κ1) is 19.2. The average Bonchev–Trinajstić information content (AvgIpc) is 3.04. The van der Waals surface area contributed by atoms with Gasteiger partial charge in [0.05, 0.1) is 18.9 Å². The minimum Gasteiger partial charge on any atom is -0.490 e. The Morgan fingerprint density at radius 3 is 2.56 bits per heavy atom. The van der Waals surface area contributed by atoms with Crippen LogP contribution in [0.15, 0.2) is 18.2 Å². The van der Waals surface area contributed by atoms with Crippen molar-refractivity contribution in [2.45, 2.75) is 46.5 Å². The predicted molar refractivity (Wildman–Crippen MR) is 100 cm³/mol. The molecule has 0 amide bonds. The van der Waals surface area contributed by atoms with Crippen molar-refractivity contribution in [3.63, 3.8) is 0 Å². The minimum absolute atomic E-state index is 0.301. The van der Waals surface area contributed by atoms with E-state index in [0.29, 0.717) is 46.7 Å². The smallest absolute Gasteiger partial charge is 0.347 e. The quantitative estimate of drug-likeness (QED) is 0.599. The SMILES string of the molecule is CCCCCOc1ccc(-c2nc(CC)c(C(=O)O)s2)cc1OCC. The van der Waals surface area contributed by atoms with E-state index in [1.807, 2.05) is 32.0 Å². The summed E-state index contributed by atoms with van der Waals surface area (Å²) >= 11 is 1.20. The second-order valence-corrected chi connectivity index (χ2v) is 6.60. The van der Waals surface area contributed by atoms with Crippen LogP contribution in [0.4, 0.5) is 0 Å². The lowest BCUT2D eigenvalue weighted by molar-refractivity contribution is 0.0701. The van der Waals surface area contributed by atoms with Gasteiger partial charge in [-0.15, -0.1) is 11.3 Å². The number of nitrogens with zero attached hydrogens (tertiary/aromatic N) is 1. The molecule has 2 rings (SSSR count). The fourth-order valence-electron chi connectivity index (χ4n) is 2.44. The van der Waals surface area contributed by atoms with Crippen LogP contribution in [0.2, 0.25) is 0 Å². The van der Waals surface area contributed by atoms with Gasteiger partial charge in [-0.3, -0.25) is 0 Å². The molecular formula is C19H25NO4S. The van der Waals surface area contributed by atoms with Crippen molar-refractivity contribution >= 4 is 17.3 Å². The van der Waals surface area contributed by atoms with Crippen LogP contribution >= 0.6 is 11.3 Å². The number of aryl methyl sites for hydroxylation is 1. The van der Waals surface area contributed by atoms with Crippen molar-refractivity contribution in [1.29, 1.82) is 0 Å². The monoisotopic (exact) mass is 363 g/mol. The van der Waals surface area contributed by atoms with Crippen LogP contribution in [0.25, 0.3) is 10.6 Å². The van der Waals surface area contributed by atoms with Crippen molar-refractivity contribution in [2.75, 3.05) is 13.2 Å². The molecule has 136 valence electrons. The molecular weight excluding hydrogens is 338 g/mol. The molecule has 2 aromatic rings. The molecule has 0 saturated heterocycles. The molecule has 1 aromatic heterocycles. The Hall–Kier alpha value is -2.08. The number of aromatic nitrogens is 1. The summed E-state index contributed by atoms with van der Waals surface area (Å²) in [4.78, 5) is 16.1. The third-order valence-corrected chi connectivity index (χ3v) is 4.86. The number of carboxylic acids is 1. The van der Waals surface area contributed by atoms with Gasteiger partial charge in [0.1, 0.15) is 9.88 Å². The van der Waals surface area contributed by atoms with E-state index in [0.717, 1.165) is 24.8 Å². The van der Waals surface area contributed by atoms with Crippen LogP contribution in [-0.2, 0) is 6.42 Å². The average molecular weight is 363 g/mol. The van der Waals surface area contributed by atoms with E-state index in [1.54, 1.807) is 0 Å². The zero-order valence-corrected chi connectivity index (χ0v) is 15.8. The highest BCUT2D eigenvalue weighted by Crippen LogP contribution is 2.35. The standard InChI is InChI=1S/C19H25NO4S/c1-4-7-8-11-24-15-10-9-13(12-16(15)23-6-3)18-20-14(5-2)17(25-18)19(21)22/h9-10,12H,4-8,11H2,1-3H3,(H,21,22). The number of thiazole rings is 1. The van der Waals surface area contributed by atoms with Crippen molar-refractivity contribution in [1.82, 2.24) is 4.98 Å². The summed E-state index contributed by atoms with van der Waals surface area (Å²) < 4.78 is 11.5. The van der Waals surface area contributed by atoms with E-state index in [2.05, 4.69) is 11.9 Å². The van der Waals surface area contributed by atoms with E-state index >= 15 is 0 Å². The Balaban J connectivity index is 2.27. The maximum Gasteiger partial charge on any atom is 0.347 e. The largest absolute Gasteiger partial charge is 0.490 e. The van der Waals surface area contributed by atoms with Crippen LogP contribution in [-0.4, -0.2) is 29.3 Å². The zero-order valence-electron chi connectivity index (χ0n) is 15.0. The Bertz CT molecular complexity index is 711. The van der Waals surface area contributed by atoms with Gasteiger partial charge >= 0.3 is 5.97 Å². The van der Waals surface area contributed by atoms with Gasteiger partial charge in [-0.05, 0) is 38.0 Å². The molecule has 0 unspecified atom stereocenters. The number of aromatic carboxylic acids is 1. The van der Waals surface area contributed by atoms with Gasteiger partial charge in [-0.25, -0.2) is 9.78 Å². The molecule has 1 aromatic carbocycles. The third kappa shape index (κ3) is 4.95. The van der Waals surface area contributed by atoms with Crippen LogP contribution in [0.5, 0.6) is 11.5 Å². The van der Waals surface area contributed by atoms with Crippen molar-refractivity contribution in [2.24, 2.45) is 0 Å². The number of ether oxygens (including phenoxy) is 2. The summed E-state index contributed by atoms with van der Waals surface area (Å²) in [5.41, 5.74) is 1.46. The summed E-state index contributed by atoms with van der Waals surface area (Å²) in [6.07, 6.45) is 3.89. The molecule has 0 atom stereocenters. The lowest BCUT2D eigenvalue weighted by Gasteiger charge is -2.12. The molecule has 1 heterocycles. The lowest BCUT2D eigenvalue weighted by atomic mass is 10.2. The topological polar surface area (TPSA) is 68.7 Å². The maximum absolute atomic E-state index is 11.3. The molecule has 6 heteroatoms. The summed E-state index contributed by atoms with van der Waals surface area (Å²) in [6, 6.07) is 5.66. The van der Waals surface area contributed by atoms with Crippen LogP contribution < -0.4 is 9.47 Å². The van der Waals surface area contributed by atoms with Crippen molar-refractivity contribution in [3.8, 4) is 22.1 Å². The van der Waals surface area contributed by atoms with Crippen molar-refractivity contribution < 1.29 is 19.4 Å². The number of rotatable bonds is 10. The minimum atomic E-state index is -0.929. The molecule has 0 aliphatic rings. The Kier molecular flexibility index (Phi) is 7.25. The van der Waals surface area contributed by atoms with Gasteiger partial charge in [0.15, 0.2) is 11.5 Å². The molecule has 0 radical (unpaired) electrons. The molecule has 0 bridgehead atoms. The van der Waals surface area contributed by atoms with Gasteiger partial charge in [0.25, 0.3) is 0 Å². The third-order valence-electron chi connectivity index (χ3n) is 3.72. The van der Waals surface area contributed by atoms with E-state index in [4.69, 9.17) is 9.47 Å². The fraction of sp³-hybridized carbons (Fsp3) is 0.474. The van der Waals surface area contributed by atoms with Gasteiger partial charge in [-0.1, -0.05) is 26.7 Å². The van der Waals surface area contributed by atoms with Crippen LogP contribution in [0.3, 0.4) is 0 Å². The summed E-state index contributed by atoms with van der Waals surface area (Å²) in [6.45, 7) is 7.18. The Morgan fingerprint density at radius 1 is 1.16 bits per heavy atom. The van der Waals surface area contributed by atoms with Gasteiger partial charge in [0.2, 0.25) is 0 Å². The number of unbranched alkanes of at least 4 members (excludes halogenated alkanes) is 2. The van der Waals surface area contributed by atoms with Gasteiger partial charge in [0, 0.05) is 5.56 Å². The first-order valence-electron chi connectivity index (χ1n) is 8.73. The summed E-state index contributed by atoms with van der Waals surface area (Å²) in [7, 11) is 0. The number of hydrogen-bond acceptors (Lipinski definition) is 5. The van der Waals surface area contributed by atoms with Crippen molar-refractivity contribution in [3.05, 3.63) is 28.8 Å². The molecule has 0 fully saturated rings. The van der Waals surface area contributed by atoms with Crippen LogP contribution in [0.1, 0.15) is 55.4 Å². The number of hydrogen-bond donors (Lipinski definition) is 1. The Labute approximate surface area is 152 Å². The normalized spacial score (nSPS) is 10.7. The second kappa shape index (κ2) is 9.42. The molecule has 0 saturated carbocycles. The molecule has 1 N–H and O–H groups in total. The highest BCUT2D eigenvalue weighted by atomic mass is 32.1. The van der Waals surface area contributed by atoms with E-state index in [9.17, 15) is 9.90 Å². The Morgan fingerprint density at radius 2 is 1.96 bits per heavy atom. The van der Waals surface area contributed by atoms with E-state index in [1.165, 1.54) is 11.3 Å².